The Bertz CT molecular complexity index is 554. The van der Waals surface area contributed by atoms with E-state index in [1.165, 1.54) is 11.3 Å². The van der Waals surface area contributed by atoms with Crippen LogP contribution < -0.4 is 5.32 Å². The summed E-state index contributed by atoms with van der Waals surface area (Å²) in [5.74, 6) is 0. The number of likely N-dealkylation sites (N-methyl/N-ethyl adjacent to an activating group) is 1. The summed E-state index contributed by atoms with van der Waals surface area (Å²) in [6.45, 7) is 5.42. The summed E-state index contributed by atoms with van der Waals surface area (Å²) in [4.78, 5) is 3.61. The summed E-state index contributed by atoms with van der Waals surface area (Å²) in [6.07, 6.45) is 0.889. The highest BCUT2D eigenvalue weighted by Gasteiger charge is 2.30. The first kappa shape index (κ1) is 15.9. The second-order valence-corrected chi connectivity index (χ2v) is 8.10. The van der Waals surface area contributed by atoms with Crippen LogP contribution in [0.25, 0.3) is 0 Å². The molecule has 0 saturated carbocycles. The van der Waals surface area contributed by atoms with Crippen LogP contribution in [-0.2, 0) is 16.6 Å². The van der Waals surface area contributed by atoms with Crippen LogP contribution in [0.5, 0.6) is 0 Å². The van der Waals surface area contributed by atoms with Crippen molar-refractivity contribution in [3.63, 3.8) is 0 Å². The summed E-state index contributed by atoms with van der Waals surface area (Å²) in [6, 6.07) is 0. The Morgan fingerprint density at radius 1 is 1.30 bits per heavy atom. The molecule has 1 aliphatic heterocycles. The molecule has 1 aromatic rings. The van der Waals surface area contributed by atoms with E-state index in [2.05, 4.69) is 10.2 Å². The molecule has 1 saturated heterocycles. The van der Waals surface area contributed by atoms with E-state index in [1.54, 1.807) is 4.31 Å². The molecular formula is C13H23N3O2S2. The van der Waals surface area contributed by atoms with Crippen molar-refractivity contribution in [1.29, 1.82) is 0 Å². The summed E-state index contributed by atoms with van der Waals surface area (Å²) >= 11 is 1.52. The largest absolute Gasteiger partial charge is 0.315 e. The molecule has 0 amide bonds. The van der Waals surface area contributed by atoms with Crippen LogP contribution in [0.1, 0.15) is 16.9 Å². The van der Waals surface area contributed by atoms with E-state index in [9.17, 15) is 8.42 Å². The minimum absolute atomic E-state index is 0.515. The van der Waals surface area contributed by atoms with Crippen LogP contribution >= 0.6 is 11.3 Å². The molecule has 7 heteroatoms. The predicted molar refractivity (Wildman–Crippen MR) is 82.7 cm³/mol. The van der Waals surface area contributed by atoms with Gasteiger partial charge in [-0.25, -0.2) is 8.42 Å². The molecule has 0 aromatic carbocycles. The third kappa shape index (κ3) is 3.23. The Labute approximate surface area is 125 Å². The maximum absolute atomic E-state index is 12.9. The average Bonchev–Trinajstić information content (AvgIpc) is 2.61. The van der Waals surface area contributed by atoms with Gasteiger partial charge in [-0.2, -0.15) is 4.31 Å². The first-order chi connectivity index (χ1) is 9.46. The van der Waals surface area contributed by atoms with Crippen molar-refractivity contribution in [1.82, 2.24) is 14.5 Å². The van der Waals surface area contributed by atoms with Crippen molar-refractivity contribution in [2.45, 2.75) is 24.8 Å². The van der Waals surface area contributed by atoms with E-state index < -0.39 is 10.0 Å². The quantitative estimate of drug-likeness (QED) is 0.904. The minimum Gasteiger partial charge on any atom is -0.315 e. The molecule has 1 aliphatic rings. The predicted octanol–water partition coefficient (Wildman–Crippen LogP) is 1.10. The van der Waals surface area contributed by atoms with Gasteiger partial charge in [0.15, 0.2) is 0 Å². The van der Waals surface area contributed by atoms with E-state index in [-0.39, 0.29) is 0 Å². The Balaban J connectivity index is 2.32. The van der Waals surface area contributed by atoms with E-state index in [0.29, 0.717) is 24.5 Å². The molecule has 2 heterocycles. The van der Waals surface area contributed by atoms with Crippen LogP contribution in [0, 0.1) is 6.92 Å². The molecular weight excluding hydrogens is 294 g/mol. The van der Waals surface area contributed by atoms with Gasteiger partial charge in [-0.1, -0.05) is 0 Å². The molecule has 2 rings (SSSR count). The summed E-state index contributed by atoms with van der Waals surface area (Å²) in [5.41, 5.74) is 0.859. The second-order valence-electron chi connectivity index (χ2n) is 5.26. The smallest absolute Gasteiger partial charge is 0.244 e. The Morgan fingerprint density at radius 2 is 2.05 bits per heavy atom. The standard InChI is InChI=1S/C13H23N3O2S2/c1-11-10-19-12(9-14-2)13(11)20(17,18)16-6-4-5-15(3)7-8-16/h10,14H,4-9H2,1-3H3. The van der Waals surface area contributed by atoms with Gasteiger partial charge in [-0.3, -0.25) is 0 Å². The maximum Gasteiger partial charge on any atom is 0.244 e. The van der Waals surface area contributed by atoms with Crippen molar-refractivity contribution < 1.29 is 8.42 Å². The number of hydrogen-bond donors (Lipinski definition) is 1. The second kappa shape index (κ2) is 6.53. The van der Waals surface area contributed by atoms with E-state index >= 15 is 0 Å². The molecule has 0 aliphatic carbocycles. The summed E-state index contributed by atoms with van der Waals surface area (Å²) in [7, 11) is 0.508. The molecule has 1 N–H and O–H groups in total. The van der Waals surface area contributed by atoms with Crippen LogP contribution in [0.3, 0.4) is 0 Å². The summed E-state index contributed by atoms with van der Waals surface area (Å²) in [5, 5.41) is 4.99. The first-order valence-electron chi connectivity index (χ1n) is 6.87. The first-order valence-corrected chi connectivity index (χ1v) is 9.19. The van der Waals surface area contributed by atoms with Crippen LogP contribution in [0.2, 0.25) is 0 Å². The van der Waals surface area contributed by atoms with Crippen molar-refractivity contribution in [2.75, 3.05) is 40.3 Å². The van der Waals surface area contributed by atoms with E-state index in [4.69, 9.17) is 0 Å². The number of thiophene rings is 1. The molecule has 5 nitrogen and oxygen atoms in total. The zero-order valence-electron chi connectivity index (χ0n) is 12.3. The highest BCUT2D eigenvalue weighted by Crippen LogP contribution is 2.29. The van der Waals surface area contributed by atoms with E-state index in [1.807, 2.05) is 26.4 Å². The van der Waals surface area contributed by atoms with Crippen molar-refractivity contribution >= 4 is 21.4 Å². The fraction of sp³-hybridized carbons (Fsp3) is 0.692. The normalized spacial score (nSPS) is 19.1. The molecule has 0 atom stereocenters. The zero-order valence-corrected chi connectivity index (χ0v) is 14.0. The van der Waals surface area contributed by atoms with Crippen molar-refractivity contribution in [3.8, 4) is 0 Å². The fourth-order valence-electron chi connectivity index (χ4n) is 2.51. The minimum atomic E-state index is -3.37. The summed E-state index contributed by atoms with van der Waals surface area (Å²) < 4.78 is 27.5. The zero-order chi connectivity index (χ0) is 14.8. The molecule has 1 aromatic heterocycles. The molecule has 0 unspecified atom stereocenters. The van der Waals surface area contributed by atoms with Crippen molar-refractivity contribution in [3.05, 3.63) is 15.8 Å². The number of hydrogen-bond acceptors (Lipinski definition) is 5. The highest BCUT2D eigenvalue weighted by molar-refractivity contribution is 7.89. The number of nitrogens with one attached hydrogen (secondary N) is 1. The molecule has 20 heavy (non-hydrogen) atoms. The molecule has 0 radical (unpaired) electrons. The Hall–Kier alpha value is -0.470. The van der Waals surface area contributed by atoms with Gasteiger partial charge in [-0.05, 0) is 44.9 Å². The number of aryl methyl sites for hydroxylation is 1. The monoisotopic (exact) mass is 317 g/mol. The van der Waals surface area contributed by atoms with Gasteiger partial charge in [-0.15, -0.1) is 11.3 Å². The third-order valence-corrected chi connectivity index (χ3v) is 6.97. The van der Waals surface area contributed by atoms with E-state index in [0.717, 1.165) is 30.0 Å². The van der Waals surface area contributed by atoms with Gasteiger partial charge in [0, 0.05) is 31.1 Å². The number of sulfonamides is 1. The number of rotatable bonds is 4. The highest BCUT2D eigenvalue weighted by atomic mass is 32.2. The van der Waals surface area contributed by atoms with Gasteiger partial charge in [0.25, 0.3) is 0 Å². The topological polar surface area (TPSA) is 52.7 Å². The van der Waals surface area contributed by atoms with Gasteiger partial charge in [0.2, 0.25) is 10.0 Å². The number of nitrogens with zero attached hydrogens (tertiary/aromatic N) is 2. The Kier molecular flexibility index (Phi) is 5.19. The average molecular weight is 317 g/mol. The lowest BCUT2D eigenvalue weighted by Gasteiger charge is -2.21. The van der Waals surface area contributed by atoms with Crippen LogP contribution in [-0.4, -0.2) is 57.9 Å². The van der Waals surface area contributed by atoms with Gasteiger partial charge >= 0.3 is 0 Å². The van der Waals surface area contributed by atoms with Gasteiger partial charge < -0.3 is 10.2 Å². The Morgan fingerprint density at radius 3 is 2.75 bits per heavy atom. The lowest BCUT2D eigenvalue weighted by Crippen LogP contribution is -2.35. The molecule has 114 valence electrons. The van der Waals surface area contributed by atoms with Crippen LogP contribution in [0.15, 0.2) is 10.3 Å². The molecule has 0 bridgehead atoms. The fourth-order valence-corrected chi connectivity index (χ4v) is 5.75. The van der Waals surface area contributed by atoms with Crippen LogP contribution in [0.4, 0.5) is 0 Å². The van der Waals surface area contributed by atoms with Crippen molar-refractivity contribution in [2.24, 2.45) is 0 Å². The molecule has 1 fully saturated rings. The lowest BCUT2D eigenvalue weighted by atomic mass is 10.3. The molecule has 0 spiro atoms. The van der Waals surface area contributed by atoms with Gasteiger partial charge in [0.1, 0.15) is 4.90 Å². The van der Waals surface area contributed by atoms with Gasteiger partial charge in [0.05, 0.1) is 0 Å². The third-order valence-electron chi connectivity index (χ3n) is 3.60. The SMILES string of the molecule is CNCc1scc(C)c1S(=O)(=O)N1CCCN(C)CC1. The lowest BCUT2D eigenvalue weighted by molar-refractivity contribution is 0.347. The maximum atomic E-state index is 12.9.